The van der Waals surface area contributed by atoms with Crippen LogP contribution in [0.5, 0.6) is 5.88 Å². The Hall–Kier alpha value is -2.68. The van der Waals surface area contributed by atoms with E-state index in [0.717, 1.165) is 16.1 Å². The first-order valence-electron chi connectivity index (χ1n) is 6.97. The summed E-state index contributed by atoms with van der Waals surface area (Å²) in [5, 5.41) is 24.3. The van der Waals surface area contributed by atoms with Crippen LogP contribution in [0.1, 0.15) is 5.56 Å². The lowest BCUT2D eigenvalue weighted by Gasteiger charge is -2.03. The van der Waals surface area contributed by atoms with Crippen LogP contribution in [-0.4, -0.2) is 0 Å². The second-order valence-corrected chi connectivity index (χ2v) is 6.91. The smallest absolute Gasteiger partial charge is 0.285 e. The number of rotatable bonds is 2. The third kappa shape index (κ3) is 2.20. The number of hydrogen-bond donors (Lipinski definition) is 0. The summed E-state index contributed by atoms with van der Waals surface area (Å²) in [5.74, 6) is -0.0725. The molecule has 0 bridgehead atoms. The molecule has 0 radical (unpaired) electrons. The van der Waals surface area contributed by atoms with Gasteiger partial charge in [-0.15, -0.1) is 11.3 Å². The van der Waals surface area contributed by atoms with Crippen molar-refractivity contribution in [2.75, 3.05) is 0 Å². The van der Waals surface area contributed by atoms with E-state index in [2.05, 4.69) is 6.07 Å². The monoisotopic (exact) mass is 334 g/mol. The molecule has 23 heavy (non-hydrogen) atoms. The summed E-state index contributed by atoms with van der Waals surface area (Å²) in [5.41, 5.74) is 2.24. The highest BCUT2D eigenvalue weighted by Gasteiger charge is 2.24. The molecule has 5 heteroatoms. The molecule has 0 fully saturated rings. The SMILES string of the molecule is N#Cc1ccc(-c2cccs2)[n+]2c([O-])c(-c3ccccc3)sc12. The Bertz CT molecular complexity index is 1030. The van der Waals surface area contributed by atoms with Crippen LogP contribution in [0.15, 0.2) is 60.0 Å². The van der Waals surface area contributed by atoms with Crippen molar-refractivity contribution in [3.63, 3.8) is 0 Å². The van der Waals surface area contributed by atoms with Gasteiger partial charge in [-0.05, 0) is 23.1 Å². The van der Waals surface area contributed by atoms with E-state index in [1.54, 1.807) is 21.8 Å². The lowest BCUT2D eigenvalue weighted by atomic mass is 10.2. The number of nitrogens with zero attached hydrogens (tertiary/aromatic N) is 2. The van der Waals surface area contributed by atoms with Crippen molar-refractivity contribution in [2.45, 2.75) is 0 Å². The van der Waals surface area contributed by atoms with Gasteiger partial charge in [-0.1, -0.05) is 47.7 Å². The van der Waals surface area contributed by atoms with Gasteiger partial charge in [-0.2, -0.15) is 9.66 Å². The molecule has 0 aliphatic carbocycles. The van der Waals surface area contributed by atoms with Crippen molar-refractivity contribution < 1.29 is 9.51 Å². The minimum atomic E-state index is -0.0725. The van der Waals surface area contributed by atoms with Crippen molar-refractivity contribution in [1.29, 1.82) is 5.26 Å². The predicted molar refractivity (Wildman–Crippen MR) is 90.4 cm³/mol. The van der Waals surface area contributed by atoms with Crippen LogP contribution in [0.3, 0.4) is 0 Å². The number of hydrogen-bond acceptors (Lipinski definition) is 4. The third-order valence-corrected chi connectivity index (χ3v) is 5.71. The molecule has 0 atom stereocenters. The third-order valence-electron chi connectivity index (χ3n) is 3.61. The Morgan fingerprint density at radius 2 is 1.83 bits per heavy atom. The normalized spacial score (nSPS) is 10.7. The maximum absolute atomic E-state index is 13.0. The minimum Gasteiger partial charge on any atom is -0.822 e. The quantitative estimate of drug-likeness (QED) is 0.523. The highest BCUT2D eigenvalue weighted by molar-refractivity contribution is 7.20. The van der Waals surface area contributed by atoms with Crippen molar-refractivity contribution in [3.8, 4) is 33.0 Å². The van der Waals surface area contributed by atoms with Gasteiger partial charge in [0.25, 0.3) is 4.83 Å². The number of fused-ring (bicyclic) bond motifs is 1. The molecular formula is C18H10N2OS2. The van der Waals surface area contributed by atoms with Crippen LogP contribution >= 0.6 is 22.7 Å². The number of nitriles is 1. The second-order valence-electron chi connectivity index (χ2n) is 4.96. The Morgan fingerprint density at radius 1 is 1.00 bits per heavy atom. The number of aromatic nitrogens is 1. The molecule has 0 aliphatic rings. The molecule has 0 amide bonds. The van der Waals surface area contributed by atoms with Crippen molar-refractivity contribution in [3.05, 3.63) is 65.5 Å². The van der Waals surface area contributed by atoms with Crippen LogP contribution in [0, 0.1) is 11.3 Å². The number of thiazole rings is 1. The van der Waals surface area contributed by atoms with Gasteiger partial charge in [-0.3, -0.25) is 0 Å². The Morgan fingerprint density at radius 3 is 2.52 bits per heavy atom. The highest BCUT2D eigenvalue weighted by Crippen LogP contribution is 2.36. The molecular weight excluding hydrogens is 324 g/mol. The molecule has 3 nitrogen and oxygen atoms in total. The summed E-state index contributed by atoms with van der Waals surface area (Å²) in [6.07, 6.45) is 0. The maximum atomic E-state index is 13.0. The zero-order valence-electron chi connectivity index (χ0n) is 11.9. The Kier molecular flexibility index (Phi) is 3.34. The van der Waals surface area contributed by atoms with Crippen molar-refractivity contribution in [1.82, 2.24) is 0 Å². The Labute approximate surface area is 141 Å². The fourth-order valence-electron chi connectivity index (χ4n) is 2.56. The zero-order valence-corrected chi connectivity index (χ0v) is 13.5. The highest BCUT2D eigenvalue weighted by atomic mass is 32.1. The van der Waals surface area contributed by atoms with E-state index < -0.39 is 0 Å². The van der Waals surface area contributed by atoms with E-state index in [1.165, 1.54) is 11.3 Å². The fraction of sp³-hybridized carbons (Fsp3) is 0. The van der Waals surface area contributed by atoms with E-state index in [-0.39, 0.29) is 5.88 Å². The maximum Gasteiger partial charge on any atom is 0.285 e. The van der Waals surface area contributed by atoms with Gasteiger partial charge in [0.2, 0.25) is 5.69 Å². The molecule has 0 saturated heterocycles. The van der Waals surface area contributed by atoms with E-state index in [9.17, 15) is 10.4 Å². The molecule has 110 valence electrons. The van der Waals surface area contributed by atoms with E-state index >= 15 is 0 Å². The molecule has 4 aromatic rings. The fourth-order valence-corrected chi connectivity index (χ4v) is 4.42. The van der Waals surface area contributed by atoms with Gasteiger partial charge in [-0.25, -0.2) is 0 Å². The van der Waals surface area contributed by atoms with E-state index in [4.69, 9.17) is 0 Å². The number of benzene rings is 1. The summed E-state index contributed by atoms with van der Waals surface area (Å²) in [7, 11) is 0. The topological polar surface area (TPSA) is 51.0 Å². The molecule has 0 saturated carbocycles. The van der Waals surface area contributed by atoms with Crippen LogP contribution in [0.25, 0.3) is 25.8 Å². The van der Waals surface area contributed by atoms with Gasteiger partial charge < -0.3 is 5.11 Å². The van der Waals surface area contributed by atoms with Gasteiger partial charge in [0.15, 0.2) is 5.88 Å². The Balaban J connectivity index is 2.09. The molecule has 4 rings (SSSR count). The van der Waals surface area contributed by atoms with Crippen LogP contribution in [0.2, 0.25) is 0 Å². The molecule has 3 heterocycles. The number of pyridine rings is 1. The lowest BCUT2D eigenvalue weighted by Crippen LogP contribution is -2.27. The molecule has 0 N–H and O–H groups in total. The molecule has 0 spiro atoms. The lowest BCUT2D eigenvalue weighted by molar-refractivity contribution is -0.571. The molecule has 3 aromatic heterocycles. The van der Waals surface area contributed by atoms with Crippen molar-refractivity contribution >= 4 is 27.5 Å². The van der Waals surface area contributed by atoms with Crippen LogP contribution < -0.4 is 9.51 Å². The molecule has 0 aliphatic heterocycles. The second kappa shape index (κ2) is 5.51. The van der Waals surface area contributed by atoms with Crippen LogP contribution in [0.4, 0.5) is 0 Å². The summed E-state index contributed by atoms with van der Waals surface area (Å²) in [6, 6.07) is 19.4. The van der Waals surface area contributed by atoms with Crippen LogP contribution in [-0.2, 0) is 0 Å². The predicted octanol–water partition coefficient (Wildman–Crippen LogP) is 3.83. The van der Waals surface area contributed by atoms with E-state index in [0.29, 0.717) is 15.3 Å². The van der Waals surface area contributed by atoms with Gasteiger partial charge >= 0.3 is 0 Å². The average molecular weight is 334 g/mol. The summed E-state index contributed by atoms with van der Waals surface area (Å²) in [6.45, 7) is 0. The van der Waals surface area contributed by atoms with Gasteiger partial charge in [0, 0.05) is 6.07 Å². The first kappa shape index (κ1) is 13.9. The number of thiophene rings is 1. The molecule has 1 aromatic carbocycles. The van der Waals surface area contributed by atoms with Crippen molar-refractivity contribution in [2.24, 2.45) is 0 Å². The largest absolute Gasteiger partial charge is 0.822 e. The summed E-state index contributed by atoms with van der Waals surface area (Å²) < 4.78 is 1.66. The summed E-state index contributed by atoms with van der Waals surface area (Å²) >= 11 is 2.95. The first-order valence-corrected chi connectivity index (χ1v) is 8.67. The van der Waals surface area contributed by atoms with E-state index in [1.807, 2.05) is 53.9 Å². The van der Waals surface area contributed by atoms with Gasteiger partial charge in [0.1, 0.15) is 11.6 Å². The first-order chi connectivity index (χ1) is 11.3. The zero-order chi connectivity index (χ0) is 15.8. The minimum absolute atomic E-state index is 0.0725. The molecule has 0 unspecified atom stereocenters. The summed E-state index contributed by atoms with van der Waals surface area (Å²) in [4.78, 5) is 2.37. The standard InChI is InChI=1S/C18H10N2OS2/c19-11-13-8-9-14(15-7-4-10-22-15)20-17(21)16(23-18(13)20)12-5-2-1-3-6-12/h1-10H. The average Bonchev–Trinajstić information content (AvgIpc) is 3.24. The van der Waals surface area contributed by atoms with Gasteiger partial charge in [0.05, 0.1) is 9.75 Å².